The van der Waals surface area contributed by atoms with Gasteiger partial charge in [0.05, 0.1) is 6.20 Å². The van der Waals surface area contributed by atoms with Crippen molar-refractivity contribution in [3.63, 3.8) is 0 Å². The van der Waals surface area contributed by atoms with E-state index < -0.39 is 11.4 Å². The second-order valence-corrected chi connectivity index (χ2v) is 7.98. The molecule has 2 aliphatic rings. The highest BCUT2D eigenvalue weighted by Crippen LogP contribution is 2.50. The zero-order valence-electron chi connectivity index (χ0n) is 15.1. The minimum Gasteiger partial charge on any atom is -0.369 e. The minimum absolute atomic E-state index is 0.0838. The smallest absolute Gasteiger partial charge is 0.261 e. The molecule has 0 radical (unpaired) electrons. The molecule has 1 aromatic heterocycles. The topological polar surface area (TPSA) is 71.6 Å². The molecule has 1 aliphatic heterocycles. The fraction of sp³-hybridized carbons (Fsp3) is 0.350. The third kappa shape index (κ3) is 2.40. The van der Waals surface area contributed by atoms with Gasteiger partial charge in [-0.15, -0.1) is 0 Å². The Morgan fingerprint density at radius 1 is 1.19 bits per heavy atom. The molecule has 0 bridgehead atoms. The van der Waals surface area contributed by atoms with E-state index in [0.717, 1.165) is 23.1 Å². The lowest BCUT2D eigenvalue weighted by atomic mass is 9.65. The number of carbonyl (C=O) groups is 1. The number of aliphatic imine (C=N–C) groups is 1. The van der Waals surface area contributed by atoms with Crippen molar-refractivity contribution >= 4 is 11.9 Å². The molecule has 1 amide bonds. The van der Waals surface area contributed by atoms with E-state index in [4.69, 9.17) is 5.73 Å². The molecular weight excluding hydrogens is 331 g/mol. The summed E-state index contributed by atoms with van der Waals surface area (Å²) < 4.78 is 13.6. The third-order valence-electron chi connectivity index (χ3n) is 5.30. The summed E-state index contributed by atoms with van der Waals surface area (Å²) in [5.41, 5.74) is 8.31. The summed E-state index contributed by atoms with van der Waals surface area (Å²) in [7, 11) is 1.65. The van der Waals surface area contributed by atoms with E-state index in [1.807, 2.05) is 18.2 Å². The number of halogens is 1. The highest BCUT2D eigenvalue weighted by Gasteiger charge is 2.54. The Morgan fingerprint density at radius 3 is 2.62 bits per heavy atom. The molecule has 1 aliphatic carbocycles. The van der Waals surface area contributed by atoms with E-state index in [9.17, 15) is 9.18 Å². The molecule has 2 N–H and O–H groups in total. The van der Waals surface area contributed by atoms with Crippen molar-refractivity contribution in [2.75, 3.05) is 7.05 Å². The van der Waals surface area contributed by atoms with Crippen LogP contribution < -0.4 is 5.73 Å². The number of rotatable bonds is 1. The molecule has 2 heterocycles. The number of pyridine rings is 1. The van der Waals surface area contributed by atoms with Crippen molar-refractivity contribution in [1.82, 2.24) is 9.88 Å². The number of aromatic nitrogens is 1. The SMILES string of the molecule is CN1C(=O)C2(CC(C)(C)Cc3ccc(-c4cncc(F)c4)cc32)N=C1N. The van der Waals surface area contributed by atoms with Crippen LogP contribution in [0.25, 0.3) is 11.1 Å². The Bertz CT molecular complexity index is 953. The summed E-state index contributed by atoms with van der Waals surface area (Å²) in [6.07, 6.45) is 4.22. The van der Waals surface area contributed by atoms with Crippen molar-refractivity contribution < 1.29 is 9.18 Å². The fourth-order valence-corrected chi connectivity index (χ4v) is 4.22. The number of amides is 1. The molecule has 0 saturated heterocycles. The van der Waals surface area contributed by atoms with Crippen LogP contribution in [0, 0.1) is 11.2 Å². The first-order chi connectivity index (χ1) is 12.2. The molecule has 6 heteroatoms. The summed E-state index contributed by atoms with van der Waals surface area (Å²) in [4.78, 5) is 23.1. The lowest BCUT2D eigenvalue weighted by molar-refractivity contribution is -0.132. The van der Waals surface area contributed by atoms with Gasteiger partial charge < -0.3 is 5.73 Å². The molecule has 4 rings (SSSR count). The Balaban J connectivity index is 1.93. The monoisotopic (exact) mass is 352 g/mol. The molecule has 1 unspecified atom stereocenters. The predicted octanol–water partition coefficient (Wildman–Crippen LogP) is 2.84. The molecule has 1 atom stereocenters. The fourth-order valence-electron chi connectivity index (χ4n) is 4.22. The van der Waals surface area contributed by atoms with Crippen LogP contribution in [0.5, 0.6) is 0 Å². The van der Waals surface area contributed by atoms with Gasteiger partial charge >= 0.3 is 0 Å². The highest BCUT2D eigenvalue weighted by molar-refractivity contribution is 6.07. The lowest BCUT2D eigenvalue weighted by Gasteiger charge is -2.41. The second kappa shape index (κ2) is 5.37. The van der Waals surface area contributed by atoms with Crippen LogP contribution in [0.3, 0.4) is 0 Å². The molecular formula is C20H21FN4O. The van der Waals surface area contributed by atoms with Crippen molar-refractivity contribution in [3.05, 3.63) is 53.6 Å². The van der Waals surface area contributed by atoms with Gasteiger partial charge in [0.2, 0.25) is 0 Å². The third-order valence-corrected chi connectivity index (χ3v) is 5.30. The first-order valence-corrected chi connectivity index (χ1v) is 8.60. The van der Waals surface area contributed by atoms with E-state index in [0.29, 0.717) is 12.0 Å². The van der Waals surface area contributed by atoms with Crippen molar-refractivity contribution in [2.45, 2.75) is 32.2 Å². The number of carbonyl (C=O) groups excluding carboxylic acids is 1. The van der Waals surface area contributed by atoms with Crippen LogP contribution in [0.2, 0.25) is 0 Å². The van der Waals surface area contributed by atoms with Crippen molar-refractivity contribution in [2.24, 2.45) is 16.1 Å². The predicted molar refractivity (Wildman–Crippen MR) is 97.8 cm³/mol. The average molecular weight is 352 g/mol. The highest BCUT2D eigenvalue weighted by atomic mass is 19.1. The standard InChI is InChI=1S/C20H21FN4O/c1-19(2)8-13-5-4-12(14-6-15(21)10-23-9-14)7-16(13)20(11-19)17(26)25(3)18(22)24-20/h4-7,9-10H,8,11H2,1-3H3,(H2,22,24). The molecule has 26 heavy (non-hydrogen) atoms. The first-order valence-electron chi connectivity index (χ1n) is 8.60. The van der Waals surface area contributed by atoms with E-state index in [2.05, 4.69) is 23.8 Å². The van der Waals surface area contributed by atoms with Crippen LogP contribution in [-0.2, 0) is 16.8 Å². The summed E-state index contributed by atoms with van der Waals surface area (Å²) in [6.45, 7) is 4.28. The molecule has 1 aromatic carbocycles. The first kappa shape index (κ1) is 16.7. The maximum absolute atomic E-state index is 13.6. The Labute approximate surface area is 151 Å². The Morgan fingerprint density at radius 2 is 1.96 bits per heavy atom. The molecule has 134 valence electrons. The van der Waals surface area contributed by atoms with Crippen molar-refractivity contribution in [1.29, 1.82) is 0 Å². The van der Waals surface area contributed by atoms with Crippen LogP contribution in [-0.4, -0.2) is 28.8 Å². The number of likely N-dealkylation sites (N-methyl/N-ethyl adjacent to an activating group) is 1. The van der Waals surface area contributed by atoms with Gasteiger partial charge in [-0.2, -0.15) is 0 Å². The van der Waals surface area contributed by atoms with Gasteiger partial charge in [-0.1, -0.05) is 26.0 Å². The maximum atomic E-state index is 13.6. The normalized spacial score (nSPS) is 23.9. The number of fused-ring (bicyclic) bond motifs is 2. The number of hydrogen-bond acceptors (Lipinski definition) is 4. The number of nitrogens with two attached hydrogens (primary N) is 1. The zero-order valence-corrected chi connectivity index (χ0v) is 15.1. The number of guanidine groups is 1. The van der Waals surface area contributed by atoms with Crippen LogP contribution in [0.15, 0.2) is 41.7 Å². The Hall–Kier alpha value is -2.76. The molecule has 0 saturated carbocycles. The van der Waals surface area contributed by atoms with Crippen LogP contribution >= 0.6 is 0 Å². The van der Waals surface area contributed by atoms with E-state index in [1.165, 1.54) is 17.2 Å². The average Bonchev–Trinajstić information content (AvgIpc) is 2.78. The summed E-state index contributed by atoms with van der Waals surface area (Å²) in [5.74, 6) is -0.273. The minimum atomic E-state index is -1.01. The Kier molecular flexibility index (Phi) is 3.45. The van der Waals surface area contributed by atoms with Gasteiger partial charge in [0.15, 0.2) is 11.5 Å². The van der Waals surface area contributed by atoms with Gasteiger partial charge in [0.1, 0.15) is 5.82 Å². The molecule has 1 spiro atoms. The van der Waals surface area contributed by atoms with Gasteiger partial charge in [-0.05, 0) is 47.1 Å². The maximum Gasteiger partial charge on any atom is 0.261 e. The quantitative estimate of drug-likeness (QED) is 0.858. The van der Waals surface area contributed by atoms with Crippen LogP contribution in [0.1, 0.15) is 31.4 Å². The number of hydrogen-bond donors (Lipinski definition) is 1. The number of nitrogens with zero attached hydrogens (tertiary/aromatic N) is 3. The number of benzene rings is 1. The summed E-state index contributed by atoms with van der Waals surface area (Å²) >= 11 is 0. The zero-order chi connectivity index (χ0) is 18.7. The summed E-state index contributed by atoms with van der Waals surface area (Å²) in [6, 6.07) is 7.33. The van der Waals surface area contributed by atoms with E-state index in [1.54, 1.807) is 13.2 Å². The van der Waals surface area contributed by atoms with Gasteiger partial charge in [-0.3, -0.25) is 14.7 Å². The molecule has 2 aromatic rings. The largest absolute Gasteiger partial charge is 0.369 e. The second-order valence-electron chi connectivity index (χ2n) is 7.98. The summed E-state index contributed by atoms with van der Waals surface area (Å²) in [5, 5.41) is 0. The van der Waals surface area contributed by atoms with E-state index >= 15 is 0 Å². The molecule has 0 fully saturated rings. The van der Waals surface area contributed by atoms with Crippen molar-refractivity contribution in [3.8, 4) is 11.1 Å². The molecule has 5 nitrogen and oxygen atoms in total. The van der Waals surface area contributed by atoms with Gasteiger partial charge in [-0.25, -0.2) is 9.38 Å². The van der Waals surface area contributed by atoms with E-state index in [-0.39, 0.29) is 17.3 Å². The van der Waals surface area contributed by atoms with Gasteiger partial charge in [0, 0.05) is 18.8 Å². The lowest BCUT2D eigenvalue weighted by Crippen LogP contribution is -2.46. The van der Waals surface area contributed by atoms with Gasteiger partial charge in [0.25, 0.3) is 5.91 Å². The van der Waals surface area contributed by atoms with Crippen LogP contribution in [0.4, 0.5) is 4.39 Å².